The number of likely N-dealkylation sites (tertiary alicyclic amines) is 1. The summed E-state index contributed by atoms with van der Waals surface area (Å²) in [6, 6.07) is 7.27. The molecule has 2 heterocycles. The fourth-order valence-electron chi connectivity index (χ4n) is 3.24. The number of nitrogens with zero attached hydrogens (tertiary/aromatic N) is 3. The van der Waals surface area contributed by atoms with Gasteiger partial charge in [0.1, 0.15) is 5.82 Å². The highest BCUT2D eigenvalue weighted by Gasteiger charge is 2.22. The van der Waals surface area contributed by atoms with E-state index in [0.29, 0.717) is 29.7 Å². The Bertz CT molecular complexity index is 746. The lowest BCUT2D eigenvalue weighted by molar-refractivity contribution is 0.251. The molecular weight excluding hydrogens is 366 g/mol. The molecule has 146 valence electrons. The van der Waals surface area contributed by atoms with Crippen molar-refractivity contribution in [2.75, 3.05) is 50.9 Å². The number of hydrogen-bond donors (Lipinski definition) is 2. The highest BCUT2D eigenvalue weighted by molar-refractivity contribution is 6.28. The summed E-state index contributed by atoms with van der Waals surface area (Å²) in [5.74, 6) is 2.79. The zero-order valence-electron chi connectivity index (χ0n) is 15.5. The van der Waals surface area contributed by atoms with Gasteiger partial charge in [-0.2, -0.15) is 0 Å². The number of hydrogen-bond acceptors (Lipinski definition) is 7. The average molecular weight is 392 g/mol. The molecule has 0 radical (unpaired) electrons. The normalized spacial score (nSPS) is 17.0. The van der Waals surface area contributed by atoms with Crippen molar-refractivity contribution in [3.63, 3.8) is 0 Å². The molecule has 2 aromatic rings. The van der Waals surface area contributed by atoms with Crippen LogP contribution < -0.4 is 20.5 Å². The molecule has 0 saturated carbocycles. The van der Waals surface area contributed by atoms with Gasteiger partial charge in [0.05, 0.1) is 13.7 Å². The smallest absolute Gasteiger partial charge is 0.224 e. The SMILES string of the molecule is COc1ccc(N)cc1OCCCN1CCC(CNc2ccnc(Cl)n2)C1. The van der Waals surface area contributed by atoms with E-state index in [4.69, 9.17) is 26.8 Å². The minimum Gasteiger partial charge on any atom is -0.493 e. The predicted molar refractivity (Wildman–Crippen MR) is 108 cm³/mol. The zero-order valence-corrected chi connectivity index (χ0v) is 16.3. The lowest BCUT2D eigenvalue weighted by Gasteiger charge is -2.17. The Morgan fingerprint density at radius 2 is 2.22 bits per heavy atom. The molecule has 0 bridgehead atoms. The van der Waals surface area contributed by atoms with E-state index in [-0.39, 0.29) is 5.28 Å². The summed E-state index contributed by atoms with van der Waals surface area (Å²) in [5.41, 5.74) is 6.49. The molecule has 1 saturated heterocycles. The third-order valence-corrected chi connectivity index (χ3v) is 4.81. The maximum atomic E-state index is 5.84. The Labute approximate surface area is 164 Å². The van der Waals surface area contributed by atoms with Gasteiger partial charge >= 0.3 is 0 Å². The van der Waals surface area contributed by atoms with Crippen molar-refractivity contribution in [2.24, 2.45) is 5.92 Å². The van der Waals surface area contributed by atoms with Crippen molar-refractivity contribution in [3.8, 4) is 11.5 Å². The van der Waals surface area contributed by atoms with Crippen molar-refractivity contribution in [1.82, 2.24) is 14.9 Å². The van der Waals surface area contributed by atoms with Crippen LogP contribution in [-0.4, -0.2) is 54.8 Å². The van der Waals surface area contributed by atoms with Crippen LogP contribution in [0.1, 0.15) is 12.8 Å². The van der Waals surface area contributed by atoms with E-state index in [1.54, 1.807) is 25.4 Å². The van der Waals surface area contributed by atoms with Crippen LogP contribution in [0.4, 0.5) is 11.5 Å². The monoisotopic (exact) mass is 391 g/mol. The molecule has 1 aliphatic rings. The standard InChI is InChI=1S/C19H26ClN5O2/c1-26-16-4-3-15(21)11-17(16)27-10-2-8-25-9-6-14(13-25)12-23-18-5-7-22-19(20)24-18/h3-5,7,11,14H,2,6,8-10,12-13,21H2,1H3,(H,22,23,24). The summed E-state index contributed by atoms with van der Waals surface area (Å²) >= 11 is 5.81. The van der Waals surface area contributed by atoms with E-state index in [1.807, 2.05) is 12.1 Å². The molecular formula is C19H26ClN5O2. The highest BCUT2D eigenvalue weighted by atomic mass is 35.5. The van der Waals surface area contributed by atoms with Crippen LogP contribution >= 0.6 is 11.6 Å². The van der Waals surface area contributed by atoms with Crippen LogP contribution in [0.5, 0.6) is 11.5 Å². The number of rotatable bonds is 9. The fraction of sp³-hybridized carbons (Fsp3) is 0.474. The van der Waals surface area contributed by atoms with Gasteiger partial charge in [0, 0.05) is 37.6 Å². The predicted octanol–water partition coefficient (Wildman–Crippen LogP) is 2.92. The molecule has 1 aromatic carbocycles. The molecule has 7 nitrogen and oxygen atoms in total. The average Bonchev–Trinajstić information content (AvgIpc) is 3.12. The van der Waals surface area contributed by atoms with E-state index in [1.165, 1.54) is 6.42 Å². The lowest BCUT2D eigenvalue weighted by Crippen LogP contribution is -2.25. The Kier molecular flexibility index (Phi) is 6.95. The molecule has 1 aromatic heterocycles. The van der Waals surface area contributed by atoms with E-state index in [0.717, 1.165) is 38.4 Å². The van der Waals surface area contributed by atoms with E-state index in [2.05, 4.69) is 20.2 Å². The largest absolute Gasteiger partial charge is 0.493 e. The minimum absolute atomic E-state index is 0.268. The molecule has 0 amide bonds. The van der Waals surface area contributed by atoms with Crippen LogP contribution in [-0.2, 0) is 0 Å². The van der Waals surface area contributed by atoms with Gasteiger partial charge in [0.2, 0.25) is 5.28 Å². The summed E-state index contributed by atoms with van der Waals surface area (Å²) in [7, 11) is 1.63. The number of methoxy groups -OCH3 is 1. The second-order valence-corrected chi connectivity index (χ2v) is 7.00. The molecule has 1 fully saturated rings. The zero-order chi connectivity index (χ0) is 19.1. The van der Waals surface area contributed by atoms with Crippen LogP contribution in [0.2, 0.25) is 5.28 Å². The van der Waals surface area contributed by atoms with Gasteiger partial charge in [0.15, 0.2) is 11.5 Å². The van der Waals surface area contributed by atoms with E-state index < -0.39 is 0 Å². The first-order valence-electron chi connectivity index (χ1n) is 9.15. The quantitative estimate of drug-likeness (QED) is 0.386. The van der Waals surface area contributed by atoms with Crippen LogP contribution in [0, 0.1) is 5.92 Å². The Hall–Kier alpha value is -2.25. The van der Waals surface area contributed by atoms with Crippen molar-refractivity contribution < 1.29 is 9.47 Å². The summed E-state index contributed by atoms with van der Waals surface area (Å²) in [6.07, 6.45) is 3.79. The van der Waals surface area contributed by atoms with Gasteiger partial charge in [0.25, 0.3) is 0 Å². The number of nitrogen functional groups attached to an aromatic ring is 1. The van der Waals surface area contributed by atoms with Crippen molar-refractivity contribution >= 4 is 23.1 Å². The highest BCUT2D eigenvalue weighted by Crippen LogP contribution is 2.29. The summed E-state index contributed by atoms with van der Waals surface area (Å²) in [5, 5.41) is 3.61. The molecule has 0 aliphatic carbocycles. The molecule has 3 N–H and O–H groups in total. The van der Waals surface area contributed by atoms with Crippen molar-refractivity contribution in [3.05, 3.63) is 35.7 Å². The van der Waals surface area contributed by atoms with Crippen LogP contribution in [0.25, 0.3) is 0 Å². The number of anilines is 2. The van der Waals surface area contributed by atoms with Gasteiger partial charge < -0.3 is 25.4 Å². The van der Waals surface area contributed by atoms with Gasteiger partial charge in [-0.1, -0.05) is 0 Å². The molecule has 0 spiro atoms. The first-order valence-corrected chi connectivity index (χ1v) is 9.53. The van der Waals surface area contributed by atoms with E-state index >= 15 is 0 Å². The summed E-state index contributed by atoms with van der Waals surface area (Å²) in [4.78, 5) is 10.5. The fourth-order valence-corrected chi connectivity index (χ4v) is 3.39. The molecule has 8 heteroatoms. The Morgan fingerprint density at radius 1 is 1.33 bits per heavy atom. The van der Waals surface area contributed by atoms with Gasteiger partial charge in [-0.25, -0.2) is 9.97 Å². The molecule has 1 unspecified atom stereocenters. The van der Waals surface area contributed by atoms with Crippen LogP contribution in [0.15, 0.2) is 30.5 Å². The first-order chi connectivity index (χ1) is 13.1. The van der Waals surface area contributed by atoms with Gasteiger partial charge in [-0.15, -0.1) is 0 Å². The maximum absolute atomic E-state index is 5.84. The molecule has 1 aliphatic heterocycles. The van der Waals surface area contributed by atoms with Crippen LogP contribution in [0.3, 0.4) is 0 Å². The first kappa shape index (κ1) is 19.5. The molecule has 27 heavy (non-hydrogen) atoms. The maximum Gasteiger partial charge on any atom is 0.224 e. The number of nitrogens with one attached hydrogen (secondary N) is 1. The number of benzene rings is 1. The number of nitrogens with two attached hydrogens (primary N) is 1. The third-order valence-electron chi connectivity index (χ3n) is 4.63. The lowest BCUT2D eigenvalue weighted by atomic mass is 10.1. The number of halogens is 1. The van der Waals surface area contributed by atoms with Crippen molar-refractivity contribution in [2.45, 2.75) is 12.8 Å². The van der Waals surface area contributed by atoms with Gasteiger partial charge in [-0.05, 0) is 55.1 Å². The molecule has 1 atom stereocenters. The topological polar surface area (TPSA) is 85.5 Å². The second-order valence-electron chi connectivity index (χ2n) is 6.66. The number of ether oxygens (including phenoxy) is 2. The van der Waals surface area contributed by atoms with Gasteiger partial charge in [-0.3, -0.25) is 0 Å². The third kappa shape index (κ3) is 5.87. The second kappa shape index (κ2) is 9.62. The minimum atomic E-state index is 0.268. The Morgan fingerprint density at radius 3 is 3.04 bits per heavy atom. The number of aromatic nitrogens is 2. The summed E-state index contributed by atoms with van der Waals surface area (Å²) in [6.45, 7) is 4.73. The Balaban J connectivity index is 1.35. The molecule has 3 rings (SSSR count). The summed E-state index contributed by atoms with van der Waals surface area (Å²) < 4.78 is 11.1. The van der Waals surface area contributed by atoms with Crippen molar-refractivity contribution in [1.29, 1.82) is 0 Å². The van der Waals surface area contributed by atoms with E-state index in [9.17, 15) is 0 Å².